The molecule has 0 spiro atoms. The third-order valence-electron chi connectivity index (χ3n) is 1.15. The van der Waals surface area contributed by atoms with Crippen molar-refractivity contribution in [3.63, 3.8) is 0 Å². The maximum atomic E-state index is 11.6. The lowest BCUT2D eigenvalue weighted by atomic mass is 10.3. The van der Waals surface area contributed by atoms with Gasteiger partial charge in [0.25, 0.3) is 0 Å². The quantitative estimate of drug-likeness (QED) is 0.645. The Balaban J connectivity index is 0.00000144. The Labute approximate surface area is 76.1 Å². The predicted molar refractivity (Wildman–Crippen MR) is 43.7 cm³/mol. The molecule has 0 aliphatic rings. The third-order valence-corrected chi connectivity index (χ3v) is 1.15. The Morgan fingerprint density at radius 3 is 2.08 bits per heavy atom. The lowest BCUT2D eigenvalue weighted by Crippen LogP contribution is -2.19. The van der Waals surface area contributed by atoms with Gasteiger partial charge in [-0.15, -0.1) is 0 Å². The maximum Gasteiger partial charge on any atom is 0.422 e. The van der Waals surface area contributed by atoms with Crippen molar-refractivity contribution in [2.45, 2.75) is 6.18 Å². The van der Waals surface area contributed by atoms with Gasteiger partial charge in [-0.1, -0.05) is 18.2 Å². The smallest absolute Gasteiger partial charge is 0.422 e. The minimum atomic E-state index is -4.27. The van der Waals surface area contributed by atoms with Gasteiger partial charge in [-0.3, -0.25) is 0 Å². The van der Waals surface area contributed by atoms with Crippen molar-refractivity contribution >= 4 is 8.41 Å². The van der Waals surface area contributed by atoms with Crippen LogP contribution in [0.1, 0.15) is 0 Å². The minimum Gasteiger partial charge on any atom is -0.484 e. The fraction of sp³-hybridized carbons (Fsp3) is 0.250. The zero-order chi connectivity index (χ0) is 9.03. The van der Waals surface area contributed by atoms with Crippen LogP contribution in [-0.2, 0) is 0 Å². The Morgan fingerprint density at radius 2 is 1.62 bits per heavy atom. The van der Waals surface area contributed by atoms with Crippen LogP contribution in [0, 0.1) is 0 Å². The van der Waals surface area contributed by atoms with Crippen LogP contribution in [0.3, 0.4) is 0 Å². The van der Waals surface area contributed by atoms with Crippen molar-refractivity contribution in [1.82, 2.24) is 0 Å². The zero-order valence-corrected chi connectivity index (χ0v) is 6.71. The molecule has 0 fully saturated rings. The molecule has 3 radical (unpaired) electrons. The number of hydrogen-bond donors (Lipinski definition) is 0. The number of hydrogen-bond acceptors (Lipinski definition) is 1. The van der Waals surface area contributed by atoms with Crippen molar-refractivity contribution in [1.29, 1.82) is 0 Å². The predicted octanol–water partition coefficient (Wildman–Crippen LogP) is 2.25. The Kier molecular flexibility index (Phi) is 4.38. The fourth-order valence-electron chi connectivity index (χ4n) is 0.682. The molecule has 0 aliphatic heterocycles. The van der Waals surface area contributed by atoms with Gasteiger partial charge in [-0.2, -0.15) is 13.2 Å². The second kappa shape index (κ2) is 4.79. The molecular formula is C8H7BF3O. The average Bonchev–Trinajstić information content (AvgIpc) is 2.02. The van der Waals surface area contributed by atoms with Crippen molar-refractivity contribution < 1.29 is 17.9 Å². The van der Waals surface area contributed by atoms with E-state index in [0.717, 1.165) is 0 Å². The summed E-state index contributed by atoms with van der Waals surface area (Å²) in [4.78, 5) is 0. The number of halogens is 3. The second-order valence-electron chi connectivity index (χ2n) is 2.22. The van der Waals surface area contributed by atoms with Crippen molar-refractivity contribution in [3.8, 4) is 5.75 Å². The van der Waals surface area contributed by atoms with E-state index in [1.807, 2.05) is 0 Å². The maximum absolute atomic E-state index is 11.6. The van der Waals surface area contributed by atoms with Gasteiger partial charge in [-0.25, -0.2) is 0 Å². The molecule has 5 heteroatoms. The average molecular weight is 187 g/mol. The summed E-state index contributed by atoms with van der Waals surface area (Å²) in [7, 11) is 0. The third kappa shape index (κ3) is 5.17. The number of para-hydroxylation sites is 1. The zero-order valence-electron chi connectivity index (χ0n) is 6.71. The molecule has 0 heterocycles. The first kappa shape index (κ1) is 11.9. The first-order chi connectivity index (χ1) is 5.58. The van der Waals surface area contributed by atoms with Crippen LogP contribution in [0.4, 0.5) is 13.2 Å². The van der Waals surface area contributed by atoms with Gasteiger partial charge in [0.15, 0.2) is 6.61 Å². The normalized spacial score (nSPS) is 10.4. The molecule has 0 aromatic heterocycles. The molecule has 69 valence electrons. The number of rotatable bonds is 2. The van der Waals surface area contributed by atoms with E-state index in [9.17, 15) is 13.2 Å². The standard InChI is InChI=1S/C8H7F3O.B/c9-8(10,11)6-12-7-4-2-1-3-5-7;/h1-5H,6H2;. The Hall–Kier alpha value is -1.13. The van der Waals surface area contributed by atoms with Crippen LogP contribution in [0.15, 0.2) is 30.3 Å². The summed E-state index contributed by atoms with van der Waals surface area (Å²) in [6, 6.07) is 7.90. The molecular weight excluding hydrogens is 180 g/mol. The molecule has 1 aromatic carbocycles. The van der Waals surface area contributed by atoms with Crippen LogP contribution in [0.25, 0.3) is 0 Å². The first-order valence-corrected chi connectivity index (χ1v) is 3.32. The first-order valence-electron chi connectivity index (χ1n) is 3.32. The fourth-order valence-corrected chi connectivity index (χ4v) is 0.682. The highest BCUT2D eigenvalue weighted by atomic mass is 19.4. The van der Waals surface area contributed by atoms with Gasteiger partial charge in [-0.05, 0) is 12.1 Å². The van der Waals surface area contributed by atoms with Gasteiger partial charge < -0.3 is 4.74 Å². The summed E-state index contributed by atoms with van der Waals surface area (Å²) < 4.78 is 39.3. The summed E-state index contributed by atoms with van der Waals surface area (Å²) in [5.41, 5.74) is 0. The Bertz CT molecular complexity index is 235. The number of alkyl halides is 3. The summed E-state index contributed by atoms with van der Waals surface area (Å²) >= 11 is 0. The summed E-state index contributed by atoms with van der Waals surface area (Å²) in [5, 5.41) is 0. The molecule has 0 unspecified atom stereocenters. The van der Waals surface area contributed by atoms with Crippen LogP contribution in [0.5, 0.6) is 5.75 Å². The summed E-state index contributed by atoms with van der Waals surface area (Å²) in [6.07, 6.45) is -4.27. The highest BCUT2D eigenvalue weighted by Crippen LogP contribution is 2.17. The highest BCUT2D eigenvalue weighted by Gasteiger charge is 2.28. The molecule has 0 saturated heterocycles. The minimum absolute atomic E-state index is 0. The van der Waals surface area contributed by atoms with E-state index in [2.05, 4.69) is 4.74 Å². The van der Waals surface area contributed by atoms with Gasteiger partial charge >= 0.3 is 6.18 Å². The van der Waals surface area contributed by atoms with Crippen molar-refractivity contribution in [2.75, 3.05) is 6.61 Å². The van der Waals surface area contributed by atoms with Gasteiger partial charge in [0, 0.05) is 8.41 Å². The monoisotopic (exact) mass is 187 g/mol. The van der Waals surface area contributed by atoms with E-state index < -0.39 is 12.8 Å². The van der Waals surface area contributed by atoms with E-state index in [1.54, 1.807) is 18.2 Å². The lowest BCUT2D eigenvalue weighted by molar-refractivity contribution is -0.153. The second-order valence-corrected chi connectivity index (χ2v) is 2.22. The lowest BCUT2D eigenvalue weighted by Gasteiger charge is -2.07. The van der Waals surface area contributed by atoms with E-state index in [0.29, 0.717) is 0 Å². The molecule has 0 aliphatic carbocycles. The van der Waals surface area contributed by atoms with Crippen LogP contribution in [-0.4, -0.2) is 21.2 Å². The number of benzene rings is 1. The molecule has 0 amide bonds. The largest absolute Gasteiger partial charge is 0.484 e. The molecule has 1 nitrogen and oxygen atoms in total. The van der Waals surface area contributed by atoms with Crippen LogP contribution >= 0.6 is 0 Å². The van der Waals surface area contributed by atoms with Crippen LogP contribution < -0.4 is 4.74 Å². The van der Waals surface area contributed by atoms with Gasteiger partial charge in [0.2, 0.25) is 0 Å². The highest BCUT2D eigenvalue weighted by molar-refractivity contribution is 5.75. The van der Waals surface area contributed by atoms with E-state index in [1.165, 1.54) is 12.1 Å². The summed E-state index contributed by atoms with van der Waals surface area (Å²) in [5.74, 6) is 0.231. The van der Waals surface area contributed by atoms with Crippen molar-refractivity contribution in [2.24, 2.45) is 0 Å². The molecule has 1 rings (SSSR count). The van der Waals surface area contributed by atoms with Gasteiger partial charge in [0.1, 0.15) is 5.75 Å². The van der Waals surface area contributed by atoms with E-state index in [-0.39, 0.29) is 14.2 Å². The Morgan fingerprint density at radius 1 is 1.08 bits per heavy atom. The molecule has 0 bridgehead atoms. The molecule has 0 atom stereocenters. The van der Waals surface area contributed by atoms with Crippen molar-refractivity contribution in [3.05, 3.63) is 30.3 Å². The van der Waals surface area contributed by atoms with Gasteiger partial charge in [0.05, 0.1) is 0 Å². The molecule has 1 aromatic rings. The van der Waals surface area contributed by atoms with E-state index in [4.69, 9.17) is 0 Å². The van der Waals surface area contributed by atoms with Crippen LogP contribution in [0.2, 0.25) is 0 Å². The summed E-state index contributed by atoms with van der Waals surface area (Å²) in [6.45, 7) is -1.24. The molecule has 0 saturated carbocycles. The van der Waals surface area contributed by atoms with E-state index >= 15 is 0 Å². The SMILES string of the molecule is FC(F)(F)COc1ccccc1.[B]. The molecule has 0 N–H and O–H groups in total. The number of ether oxygens (including phenoxy) is 1. The molecule has 13 heavy (non-hydrogen) atoms. The topological polar surface area (TPSA) is 9.23 Å².